The monoisotopic (exact) mass is 543 g/mol. The molecule has 4 N–H and O–H groups in total. The van der Waals surface area contributed by atoms with Crippen molar-refractivity contribution < 1.29 is 48.7 Å². The van der Waals surface area contributed by atoms with Gasteiger partial charge in [0.05, 0.1) is 23.2 Å². The van der Waals surface area contributed by atoms with E-state index in [4.69, 9.17) is 19.3 Å². The predicted molar refractivity (Wildman–Crippen MR) is 136 cm³/mol. The number of carboxylic acid groups (broad SMARTS) is 1. The van der Waals surface area contributed by atoms with Crippen molar-refractivity contribution in [3.63, 3.8) is 0 Å². The molecule has 38 heavy (non-hydrogen) atoms. The number of hydrogen-bond donors (Lipinski definition) is 4. The normalized spacial score (nSPS) is 25.6. The number of carbonyl (C=O) groups is 4. The summed E-state index contributed by atoms with van der Waals surface area (Å²) in [5, 5.41) is 32.6. The molecule has 4 unspecified atom stereocenters. The van der Waals surface area contributed by atoms with Crippen molar-refractivity contribution in [1.82, 2.24) is 5.32 Å². The van der Waals surface area contributed by atoms with E-state index in [0.717, 1.165) is 12.8 Å². The SMILES string of the molecule is CCC(C)(C)C(=O)OCC(O)COC(=O)C1CCCCC1C(=O)OCC(O)CNC1CCC(C(=O)O)CC1. The first kappa shape index (κ1) is 32.0. The fourth-order valence-electron chi connectivity index (χ4n) is 4.73. The lowest BCUT2D eigenvalue weighted by Gasteiger charge is -2.29. The second-order valence-corrected chi connectivity index (χ2v) is 11.2. The van der Waals surface area contributed by atoms with Gasteiger partial charge in [0.1, 0.15) is 32.0 Å². The summed E-state index contributed by atoms with van der Waals surface area (Å²) in [4.78, 5) is 48.5. The molecule has 0 spiro atoms. The Morgan fingerprint density at radius 1 is 0.816 bits per heavy atom. The summed E-state index contributed by atoms with van der Waals surface area (Å²) in [7, 11) is 0. The highest BCUT2D eigenvalue weighted by Gasteiger charge is 2.38. The maximum Gasteiger partial charge on any atom is 0.311 e. The third-order valence-corrected chi connectivity index (χ3v) is 7.77. The number of aliphatic carboxylic acids is 1. The van der Waals surface area contributed by atoms with E-state index in [1.54, 1.807) is 13.8 Å². The van der Waals surface area contributed by atoms with E-state index in [1.807, 2.05) is 6.92 Å². The van der Waals surface area contributed by atoms with Crippen LogP contribution < -0.4 is 5.32 Å². The molecule has 0 aromatic carbocycles. The van der Waals surface area contributed by atoms with Crippen molar-refractivity contribution in [3.05, 3.63) is 0 Å². The Morgan fingerprint density at radius 3 is 1.82 bits per heavy atom. The van der Waals surface area contributed by atoms with Crippen LogP contribution in [0.4, 0.5) is 0 Å². The number of esters is 3. The Labute approximate surface area is 224 Å². The molecule has 11 nitrogen and oxygen atoms in total. The largest absolute Gasteiger partial charge is 0.481 e. The van der Waals surface area contributed by atoms with Crippen molar-refractivity contribution in [1.29, 1.82) is 0 Å². The van der Waals surface area contributed by atoms with Gasteiger partial charge in [-0.2, -0.15) is 0 Å². The molecule has 2 fully saturated rings. The van der Waals surface area contributed by atoms with Crippen LogP contribution >= 0.6 is 0 Å². The number of ether oxygens (including phenoxy) is 3. The zero-order chi connectivity index (χ0) is 28.3. The summed E-state index contributed by atoms with van der Waals surface area (Å²) in [5.41, 5.74) is -0.669. The molecule has 218 valence electrons. The fraction of sp³-hybridized carbons (Fsp3) is 0.852. The van der Waals surface area contributed by atoms with Crippen LogP contribution in [0, 0.1) is 23.2 Å². The standard InChI is InChI=1S/C27H45NO10/c1-4-27(2,3)26(35)38-16-20(30)15-37-25(34)22-8-6-5-7-21(22)24(33)36-14-19(29)13-28-18-11-9-17(10-12-18)23(31)32/h17-22,28-30H,4-16H2,1-3H3,(H,31,32). The molecular weight excluding hydrogens is 498 g/mol. The molecule has 4 atom stereocenters. The highest BCUT2D eigenvalue weighted by Crippen LogP contribution is 2.32. The predicted octanol–water partition coefficient (Wildman–Crippen LogP) is 1.81. The number of aliphatic hydroxyl groups excluding tert-OH is 2. The van der Waals surface area contributed by atoms with Crippen molar-refractivity contribution in [3.8, 4) is 0 Å². The van der Waals surface area contributed by atoms with Gasteiger partial charge in [-0.3, -0.25) is 19.2 Å². The van der Waals surface area contributed by atoms with E-state index in [9.17, 15) is 29.4 Å². The molecule has 2 rings (SSSR count). The molecule has 11 heteroatoms. The molecule has 0 aromatic rings. The summed E-state index contributed by atoms with van der Waals surface area (Å²) in [6, 6.07) is 0.116. The zero-order valence-electron chi connectivity index (χ0n) is 22.9. The van der Waals surface area contributed by atoms with Gasteiger partial charge in [0.25, 0.3) is 0 Å². The fourth-order valence-corrected chi connectivity index (χ4v) is 4.73. The van der Waals surface area contributed by atoms with Crippen LogP contribution in [0.25, 0.3) is 0 Å². The first-order chi connectivity index (χ1) is 17.9. The van der Waals surface area contributed by atoms with Crippen LogP contribution in [0.15, 0.2) is 0 Å². The average molecular weight is 544 g/mol. The Balaban J connectivity index is 1.72. The van der Waals surface area contributed by atoms with E-state index in [1.165, 1.54) is 0 Å². The molecule has 2 saturated carbocycles. The molecule has 0 heterocycles. The van der Waals surface area contributed by atoms with Crippen LogP contribution in [0.5, 0.6) is 0 Å². The number of carbonyl (C=O) groups excluding carboxylic acids is 3. The van der Waals surface area contributed by atoms with E-state index < -0.39 is 53.3 Å². The van der Waals surface area contributed by atoms with Crippen LogP contribution in [0.1, 0.15) is 78.6 Å². The maximum absolute atomic E-state index is 12.7. The molecule has 2 aliphatic carbocycles. The lowest BCUT2D eigenvalue weighted by atomic mass is 9.79. The van der Waals surface area contributed by atoms with E-state index >= 15 is 0 Å². The number of carboxylic acids is 1. The molecule has 0 amide bonds. The average Bonchev–Trinajstić information content (AvgIpc) is 2.92. The minimum absolute atomic E-state index is 0.116. The van der Waals surface area contributed by atoms with Gasteiger partial charge in [-0.05, 0) is 58.8 Å². The Bertz CT molecular complexity index is 793. The number of hydrogen-bond acceptors (Lipinski definition) is 10. The first-order valence-corrected chi connectivity index (χ1v) is 13.8. The molecule has 0 bridgehead atoms. The van der Waals surface area contributed by atoms with Gasteiger partial charge in [0.2, 0.25) is 0 Å². The smallest absolute Gasteiger partial charge is 0.311 e. The van der Waals surface area contributed by atoms with Gasteiger partial charge < -0.3 is 34.8 Å². The summed E-state index contributed by atoms with van der Waals surface area (Å²) >= 11 is 0. The first-order valence-electron chi connectivity index (χ1n) is 13.8. The third kappa shape index (κ3) is 10.1. The molecule has 0 aliphatic heterocycles. The lowest BCUT2D eigenvalue weighted by Crippen LogP contribution is -2.41. The second kappa shape index (κ2) is 15.4. The Kier molecular flexibility index (Phi) is 12.9. The van der Waals surface area contributed by atoms with Crippen LogP contribution in [-0.2, 0) is 33.4 Å². The number of nitrogens with one attached hydrogen (secondary N) is 1. The molecule has 0 aromatic heterocycles. The van der Waals surface area contributed by atoms with Crippen LogP contribution in [0.2, 0.25) is 0 Å². The second-order valence-electron chi connectivity index (χ2n) is 11.2. The highest BCUT2D eigenvalue weighted by atomic mass is 16.6. The number of aliphatic hydroxyl groups is 2. The number of rotatable bonds is 14. The quantitative estimate of drug-likeness (QED) is 0.186. The van der Waals surface area contributed by atoms with Gasteiger partial charge in [0, 0.05) is 12.6 Å². The van der Waals surface area contributed by atoms with Gasteiger partial charge in [-0.1, -0.05) is 19.8 Å². The van der Waals surface area contributed by atoms with E-state index in [2.05, 4.69) is 5.32 Å². The molecule has 0 radical (unpaired) electrons. The van der Waals surface area contributed by atoms with Crippen molar-refractivity contribution >= 4 is 23.9 Å². The van der Waals surface area contributed by atoms with Crippen molar-refractivity contribution in [2.45, 2.75) is 96.8 Å². The minimum atomic E-state index is -1.17. The van der Waals surface area contributed by atoms with Crippen molar-refractivity contribution in [2.24, 2.45) is 23.2 Å². The Hall–Kier alpha value is -2.24. The highest BCUT2D eigenvalue weighted by molar-refractivity contribution is 5.82. The topological polar surface area (TPSA) is 169 Å². The van der Waals surface area contributed by atoms with Gasteiger partial charge >= 0.3 is 23.9 Å². The van der Waals surface area contributed by atoms with Gasteiger partial charge in [-0.25, -0.2) is 0 Å². The Morgan fingerprint density at radius 2 is 1.32 bits per heavy atom. The third-order valence-electron chi connectivity index (χ3n) is 7.77. The van der Waals surface area contributed by atoms with Gasteiger partial charge in [-0.15, -0.1) is 0 Å². The minimum Gasteiger partial charge on any atom is -0.481 e. The summed E-state index contributed by atoms with van der Waals surface area (Å²) in [6.45, 7) is 4.70. The van der Waals surface area contributed by atoms with Crippen molar-refractivity contribution in [2.75, 3.05) is 26.4 Å². The van der Waals surface area contributed by atoms with E-state index in [-0.39, 0.29) is 38.3 Å². The summed E-state index contributed by atoms with van der Waals surface area (Å²) in [6.07, 6.45) is 3.53. The molecule has 0 saturated heterocycles. The lowest BCUT2D eigenvalue weighted by molar-refractivity contribution is -0.168. The zero-order valence-corrected chi connectivity index (χ0v) is 22.9. The summed E-state index contributed by atoms with van der Waals surface area (Å²) < 4.78 is 15.7. The van der Waals surface area contributed by atoms with E-state index in [0.29, 0.717) is 44.9 Å². The van der Waals surface area contributed by atoms with Crippen LogP contribution in [-0.4, -0.2) is 83.8 Å². The summed E-state index contributed by atoms with van der Waals surface area (Å²) in [5.74, 6) is -4.09. The maximum atomic E-state index is 12.7. The van der Waals surface area contributed by atoms with Crippen LogP contribution in [0.3, 0.4) is 0 Å². The molecule has 2 aliphatic rings. The van der Waals surface area contributed by atoms with Gasteiger partial charge in [0.15, 0.2) is 0 Å². The molecular formula is C27H45NO10.